The highest BCUT2D eigenvalue weighted by molar-refractivity contribution is 5.66. The SMILES string of the molecule is c1ccc(COc2cccc(-c3ccc4c(c3)CNC4)c2)cc1. The first-order valence-electron chi connectivity index (χ1n) is 7.98. The molecule has 1 heterocycles. The van der Waals surface area contributed by atoms with Gasteiger partial charge in [-0.3, -0.25) is 0 Å². The number of hydrogen-bond acceptors (Lipinski definition) is 2. The molecule has 0 amide bonds. The lowest BCUT2D eigenvalue weighted by Crippen LogP contribution is -1.99. The van der Waals surface area contributed by atoms with Crippen LogP contribution in [0.15, 0.2) is 72.8 Å². The van der Waals surface area contributed by atoms with Gasteiger partial charge in [-0.05, 0) is 46.0 Å². The number of rotatable bonds is 4. The van der Waals surface area contributed by atoms with Gasteiger partial charge >= 0.3 is 0 Å². The van der Waals surface area contributed by atoms with E-state index in [0.717, 1.165) is 18.8 Å². The molecule has 3 aromatic carbocycles. The van der Waals surface area contributed by atoms with E-state index in [2.05, 4.69) is 53.8 Å². The van der Waals surface area contributed by atoms with Crippen molar-refractivity contribution in [3.8, 4) is 16.9 Å². The highest BCUT2D eigenvalue weighted by Gasteiger charge is 2.11. The summed E-state index contributed by atoms with van der Waals surface area (Å²) in [6.45, 7) is 2.54. The van der Waals surface area contributed by atoms with E-state index in [4.69, 9.17) is 4.74 Å². The monoisotopic (exact) mass is 301 g/mol. The first-order valence-corrected chi connectivity index (χ1v) is 7.98. The van der Waals surface area contributed by atoms with Crippen LogP contribution in [0.5, 0.6) is 5.75 Å². The zero-order chi connectivity index (χ0) is 15.5. The van der Waals surface area contributed by atoms with Crippen LogP contribution < -0.4 is 10.1 Å². The summed E-state index contributed by atoms with van der Waals surface area (Å²) < 4.78 is 5.93. The van der Waals surface area contributed by atoms with Gasteiger partial charge < -0.3 is 10.1 Å². The Bertz CT molecular complexity index is 811. The number of fused-ring (bicyclic) bond motifs is 1. The average Bonchev–Trinajstić information content (AvgIpc) is 3.09. The topological polar surface area (TPSA) is 21.3 Å². The molecule has 0 radical (unpaired) electrons. The molecule has 1 aliphatic heterocycles. The van der Waals surface area contributed by atoms with Crippen molar-refractivity contribution in [2.75, 3.05) is 0 Å². The Hall–Kier alpha value is -2.58. The molecule has 0 saturated carbocycles. The molecule has 2 heteroatoms. The van der Waals surface area contributed by atoms with Gasteiger partial charge in [0.25, 0.3) is 0 Å². The van der Waals surface area contributed by atoms with Crippen LogP contribution in [0.2, 0.25) is 0 Å². The summed E-state index contributed by atoms with van der Waals surface area (Å²) in [5.74, 6) is 0.907. The summed E-state index contributed by atoms with van der Waals surface area (Å²) in [7, 11) is 0. The fourth-order valence-corrected chi connectivity index (χ4v) is 2.98. The van der Waals surface area contributed by atoms with Gasteiger partial charge in [0.1, 0.15) is 12.4 Å². The van der Waals surface area contributed by atoms with E-state index in [9.17, 15) is 0 Å². The molecule has 23 heavy (non-hydrogen) atoms. The lowest BCUT2D eigenvalue weighted by Gasteiger charge is -2.09. The predicted molar refractivity (Wildman–Crippen MR) is 93.2 cm³/mol. The number of benzene rings is 3. The third-order valence-corrected chi connectivity index (χ3v) is 4.25. The van der Waals surface area contributed by atoms with Crippen LogP contribution in [-0.4, -0.2) is 0 Å². The van der Waals surface area contributed by atoms with Gasteiger partial charge in [0.15, 0.2) is 0 Å². The van der Waals surface area contributed by atoms with Crippen LogP contribution in [0.3, 0.4) is 0 Å². The lowest BCUT2D eigenvalue weighted by atomic mass is 10.0. The highest BCUT2D eigenvalue weighted by Crippen LogP contribution is 2.27. The molecule has 2 nitrogen and oxygen atoms in total. The molecule has 1 N–H and O–H groups in total. The van der Waals surface area contributed by atoms with Gasteiger partial charge in [-0.25, -0.2) is 0 Å². The van der Waals surface area contributed by atoms with Crippen LogP contribution in [0.4, 0.5) is 0 Å². The third-order valence-electron chi connectivity index (χ3n) is 4.25. The number of hydrogen-bond donors (Lipinski definition) is 1. The van der Waals surface area contributed by atoms with Crippen molar-refractivity contribution in [1.29, 1.82) is 0 Å². The molecule has 0 fully saturated rings. The minimum Gasteiger partial charge on any atom is -0.489 e. The van der Waals surface area contributed by atoms with Crippen LogP contribution >= 0.6 is 0 Å². The molecular formula is C21H19NO. The molecule has 3 aromatic rings. The van der Waals surface area contributed by atoms with E-state index in [0.29, 0.717) is 6.61 Å². The number of ether oxygens (including phenoxy) is 1. The fourth-order valence-electron chi connectivity index (χ4n) is 2.98. The average molecular weight is 301 g/mol. The van der Waals surface area contributed by atoms with Crippen molar-refractivity contribution in [1.82, 2.24) is 5.32 Å². The molecular weight excluding hydrogens is 282 g/mol. The lowest BCUT2D eigenvalue weighted by molar-refractivity contribution is 0.306. The van der Waals surface area contributed by atoms with E-state index in [1.54, 1.807) is 0 Å². The summed E-state index contributed by atoms with van der Waals surface area (Å²) in [6, 6.07) is 25.3. The standard InChI is InChI=1S/C21H19NO/c1-2-5-16(6-3-1)15-23-21-8-4-7-17(12-21)18-9-10-19-13-22-14-20(19)11-18/h1-12,22H,13-15H2. The second-order valence-electron chi connectivity index (χ2n) is 5.89. The molecule has 0 spiro atoms. The minimum atomic E-state index is 0.596. The van der Waals surface area contributed by atoms with Crippen LogP contribution in [0.1, 0.15) is 16.7 Å². The first-order chi connectivity index (χ1) is 11.4. The van der Waals surface area contributed by atoms with E-state index in [1.165, 1.54) is 27.8 Å². The molecule has 0 unspecified atom stereocenters. The van der Waals surface area contributed by atoms with E-state index in [-0.39, 0.29) is 0 Å². The minimum absolute atomic E-state index is 0.596. The van der Waals surface area contributed by atoms with Crippen molar-refractivity contribution >= 4 is 0 Å². The molecule has 0 bridgehead atoms. The first kappa shape index (κ1) is 14.0. The van der Waals surface area contributed by atoms with Crippen molar-refractivity contribution in [3.63, 3.8) is 0 Å². The quantitative estimate of drug-likeness (QED) is 0.764. The smallest absolute Gasteiger partial charge is 0.120 e. The maximum absolute atomic E-state index is 5.93. The second kappa shape index (κ2) is 6.27. The summed E-state index contributed by atoms with van der Waals surface area (Å²) in [5.41, 5.74) is 6.44. The van der Waals surface area contributed by atoms with Gasteiger partial charge in [-0.2, -0.15) is 0 Å². The van der Waals surface area contributed by atoms with Crippen molar-refractivity contribution in [2.45, 2.75) is 19.7 Å². The maximum Gasteiger partial charge on any atom is 0.120 e. The van der Waals surface area contributed by atoms with Gasteiger partial charge in [0.2, 0.25) is 0 Å². The van der Waals surface area contributed by atoms with Crippen LogP contribution in [0.25, 0.3) is 11.1 Å². The van der Waals surface area contributed by atoms with E-state index >= 15 is 0 Å². The molecule has 1 aliphatic rings. The second-order valence-corrected chi connectivity index (χ2v) is 5.89. The van der Waals surface area contributed by atoms with Crippen molar-refractivity contribution in [3.05, 3.63) is 89.5 Å². The third kappa shape index (κ3) is 3.13. The summed E-state index contributed by atoms with van der Waals surface area (Å²) >= 11 is 0. The zero-order valence-corrected chi connectivity index (χ0v) is 13.0. The van der Waals surface area contributed by atoms with Crippen molar-refractivity contribution < 1.29 is 4.74 Å². The molecule has 0 aliphatic carbocycles. The number of nitrogens with one attached hydrogen (secondary N) is 1. The van der Waals surface area contributed by atoms with Gasteiger partial charge in [0, 0.05) is 13.1 Å². The van der Waals surface area contributed by atoms with Gasteiger partial charge in [-0.15, -0.1) is 0 Å². The van der Waals surface area contributed by atoms with Crippen LogP contribution in [0, 0.1) is 0 Å². The summed E-state index contributed by atoms with van der Waals surface area (Å²) in [4.78, 5) is 0. The zero-order valence-electron chi connectivity index (χ0n) is 13.0. The van der Waals surface area contributed by atoms with Crippen LogP contribution in [-0.2, 0) is 19.7 Å². The normalized spacial score (nSPS) is 12.9. The van der Waals surface area contributed by atoms with E-state index < -0.39 is 0 Å². The molecule has 4 rings (SSSR count). The van der Waals surface area contributed by atoms with Crippen molar-refractivity contribution in [2.24, 2.45) is 0 Å². The molecule has 0 atom stereocenters. The molecule has 0 aromatic heterocycles. The Balaban J connectivity index is 1.54. The Kier molecular flexibility index (Phi) is 3.83. The largest absolute Gasteiger partial charge is 0.489 e. The van der Waals surface area contributed by atoms with E-state index in [1.807, 2.05) is 24.3 Å². The Morgan fingerprint density at radius 1 is 0.739 bits per heavy atom. The predicted octanol–water partition coefficient (Wildman–Crippen LogP) is 4.54. The highest BCUT2D eigenvalue weighted by atomic mass is 16.5. The Labute approximate surface area is 136 Å². The summed E-state index contributed by atoms with van der Waals surface area (Å²) in [6.07, 6.45) is 0. The van der Waals surface area contributed by atoms with Gasteiger partial charge in [-0.1, -0.05) is 54.6 Å². The molecule has 0 saturated heterocycles. The van der Waals surface area contributed by atoms with Gasteiger partial charge in [0.05, 0.1) is 0 Å². The summed E-state index contributed by atoms with van der Waals surface area (Å²) in [5, 5.41) is 3.39. The maximum atomic E-state index is 5.93. The fraction of sp³-hybridized carbons (Fsp3) is 0.143. The molecule has 114 valence electrons. The Morgan fingerprint density at radius 2 is 1.57 bits per heavy atom. The Morgan fingerprint density at radius 3 is 2.48 bits per heavy atom.